The lowest BCUT2D eigenvalue weighted by Crippen LogP contribution is -2.25. The zero-order valence-electron chi connectivity index (χ0n) is 10.3. The molecule has 0 spiro atoms. The van der Waals surface area contributed by atoms with E-state index in [1.165, 1.54) is 12.4 Å². The zero-order valence-corrected chi connectivity index (χ0v) is 10.3. The molecular weight excluding hydrogens is 244 g/mol. The lowest BCUT2D eigenvalue weighted by molar-refractivity contribution is 0.0950. The summed E-state index contributed by atoms with van der Waals surface area (Å²) in [6.45, 7) is 0.515. The van der Waals surface area contributed by atoms with Crippen molar-refractivity contribution >= 4 is 11.9 Å². The first-order valence-corrected chi connectivity index (χ1v) is 6.20. The standard InChI is InChI=1S/C13H14N4O2/c18-12(17-10-3-4-10)9-6-14-13(15-7-9)16-8-11-2-1-5-19-11/h1-2,5-7,10H,3-4,8H2,(H,17,18)(H,14,15,16). The molecule has 0 unspecified atom stereocenters. The Bertz CT molecular complexity index is 547. The molecule has 2 aromatic heterocycles. The third-order valence-electron chi connectivity index (χ3n) is 2.83. The Morgan fingerprint density at radius 2 is 2.16 bits per heavy atom. The summed E-state index contributed by atoms with van der Waals surface area (Å²) in [7, 11) is 0. The van der Waals surface area contributed by atoms with Crippen LogP contribution in [-0.2, 0) is 6.54 Å². The van der Waals surface area contributed by atoms with Crippen LogP contribution in [0.25, 0.3) is 0 Å². The average Bonchev–Trinajstić information content (AvgIpc) is 3.09. The Labute approximate surface area is 110 Å². The van der Waals surface area contributed by atoms with Crippen LogP contribution in [0.1, 0.15) is 29.0 Å². The van der Waals surface area contributed by atoms with Gasteiger partial charge >= 0.3 is 0 Å². The van der Waals surface area contributed by atoms with E-state index in [9.17, 15) is 4.79 Å². The van der Waals surface area contributed by atoms with Crippen molar-refractivity contribution in [2.45, 2.75) is 25.4 Å². The second-order valence-corrected chi connectivity index (χ2v) is 4.48. The van der Waals surface area contributed by atoms with E-state index in [1.54, 1.807) is 6.26 Å². The molecule has 0 aliphatic heterocycles. The molecule has 0 atom stereocenters. The van der Waals surface area contributed by atoms with Crippen LogP contribution >= 0.6 is 0 Å². The fourth-order valence-electron chi connectivity index (χ4n) is 1.61. The lowest BCUT2D eigenvalue weighted by atomic mass is 10.3. The first-order chi connectivity index (χ1) is 9.31. The molecule has 2 aromatic rings. The molecule has 0 radical (unpaired) electrons. The molecule has 98 valence electrons. The van der Waals surface area contributed by atoms with E-state index in [0.29, 0.717) is 24.1 Å². The van der Waals surface area contributed by atoms with Crippen molar-refractivity contribution in [2.75, 3.05) is 5.32 Å². The molecule has 0 saturated heterocycles. The van der Waals surface area contributed by atoms with Crippen molar-refractivity contribution in [1.29, 1.82) is 0 Å². The van der Waals surface area contributed by atoms with Gasteiger partial charge in [-0.1, -0.05) is 0 Å². The van der Waals surface area contributed by atoms with Crippen molar-refractivity contribution in [3.63, 3.8) is 0 Å². The number of carbonyl (C=O) groups is 1. The number of hydrogen-bond donors (Lipinski definition) is 2. The predicted octanol–water partition coefficient (Wildman–Crippen LogP) is 1.57. The largest absolute Gasteiger partial charge is 0.467 e. The van der Waals surface area contributed by atoms with Crippen LogP contribution in [0.5, 0.6) is 0 Å². The third kappa shape index (κ3) is 3.09. The first-order valence-electron chi connectivity index (χ1n) is 6.20. The highest BCUT2D eigenvalue weighted by molar-refractivity contribution is 5.94. The number of anilines is 1. The fraction of sp³-hybridized carbons (Fsp3) is 0.308. The molecule has 0 aromatic carbocycles. The van der Waals surface area contributed by atoms with Gasteiger partial charge in [0.1, 0.15) is 5.76 Å². The molecule has 19 heavy (non-hydrogen) atoms. The number of aromatic nitrogens is 2. The van der Waals surface area contributed by atoms with E-state index in [1.807, 2.05) is 12.1 Å². The summed E-state index contributed by atoms with van der Waals surface area (Å²) in [6.07, 6.45) is 6.79. The van der Waals surface area contributed by atoms with Gasteiger partial charge in [0.05, 0.1) is 18.4 Å². The van der Waals surface area contributed by atoms with E-state index in [4.69, 9.17) is 4.42 Å². The molecule has 1 aliphatic carbocycles. The average molecular weight is 258 g/mol. The SMILES string of the molecule is O=C(NC1CC1)c1cnc(NCc2ccco2)nc1. The molecule has 1 amide bonds. The molecule has 2 heterocycles. The van der Waals surface area contributed by atoms with E-state index in [2.05, 4.69) is 20.6 Å². The highest BCUT2D eigenvalue weighted by Gasteiger charge is 2.23. The Hall–Kier alpha value is -2.37. The maximum atomic E-state index is 11.7. The smallest absolute Gasteiger partial charge is 0.254 e. The van der Waals surface area contributed by atoms with E-state index < -0.39 is 0 Å². The Morgan fingerprint density at radius 1 is 1.37 bits per heavy atom. The number of hydrogen-bond acceptors (Lipinski definition) is 5. The van der Waals surface area contributed by atoms with Gasteiger partial charge in [0.2, 0.25) is 5.95 Å². The Kier molecular flexibility index (Phi) is 3.14. The van der Waals surface area contributed by atoms with Gasteiger partial charge in [-0.25, -0.2) is 9.97 Å². The molecule has 6 heteroatoms. The number of furan rings is 1. The van der Waals surface area contributed by atoms with Gasteiger partial charge in [0.15, 0.2) is 0 Å². The van der Waals surface area contributed by atoms with Crippen molar-refractivity contribution in [3.05, 3.63) is 42.1 Å². The van der Waals surface area contributed by atoms with Gasteiger partial charge in [-0.2, -0.15) is 0 Å². The van der Waals surface area contributed by atoms with Gasteiger partial charge in [-0.15, -0.1) is 0 Å². The Morgan fingerprint density at radius 3 is 2.79 bits per heavy atom. The second kappa shape index (κ2) is 5.09. The maximum absolute atomic E-state index is 11.7. The highest BCUT2D eigenvalue weighted by Crippen LogP contribution is 2.19. The maximum Gasteiger partial charge on any atom is 0.254 e. The van der Waals surface area contributed by atoms with Gasteiger partial charge in [-0.05, 0) is 25.0 Å². The molecule has 1 fully saturated rings. The van der Waals surface area contributed by atoms with Crippen molar-refractivity contribution < 1.29 is 9.21 Å². The number of nitrogens with one attached hydrogen (secondary N) is 2. The molecule has 1 aliphatic rings. The normalized spacial score (nSPS) is 14.1. The molecule has 0 bridgehead atoms. The minimum Gasteiger partial charge on any atom is -0.467 e. The highest BCUT2D eigenvalue weighted by atomic mass is 16.3. The van der Waals surface area contributed by atoms with Crippen LogP contribution in [0, 0.1) is 0 Å². The number of nitrogens with zero attached hydrogens (tertiary/aromatic N) is 2. The number of rotatable bonds is 5. The van der Waals surface area contributed by atoms with Gasteiger partial charge in [0.25, 0.3) is 5.91 Å². The number of carbonyl (C=O) groups excluding carboxylic acids is 1. The minimum atomic E-state index is -0.111. The van der Waals surface area contributed by atoms with Gasteiger partial charge in [-0.3, -0.25) is 4.79 Å². The van der Waals surface area contributed by atoms with E-state index >= 15 is 0 Å². The third-order valence-corrected chi connectivity index (χ3v) is 2.83. The van der Waals surface area contributed by atoms with E-state index in [0.717, 1.165) is 18.6 Å². The zero-order chi connectivity index (χ0) is 13.1. The molecule has 3 rings (SSSR count). The molecule has 6 nitrogen and oxygen atoms in total. The molecular formula is C13H14N4O2. The van der Waals surface area contributed by atoms with Crippen molar-refractivity contribution in [3.8, 4) is 0 Å². The molecule has 1 saturated carbocycles. The summed E-state index contributed by atoms with van der Waals surface area (Å²) >= 11 is 0. The van der Waals surface area contributed by atoms with Crippen molar-refractivity contribution in [1.82, 2.24) is 15.3 Å². The summed E-state index contributed by atoms with van der Waals surface area (Å²) in [5.74, 6) is 1.17. The predicted molar refractivity (Wildman–Crippen MR) is 68.6 cm³/mol. The van der Waals surface area contributed by atoms with Crippen LogP contribution in [0.3, 0.4) is 0 Å². The topological polar surface area (TPSA) is 80.0 Å². The minimum absolute atomic E-state index is 0.111. The fourth-order valence-corrected chi connectivity index (χ4v) is 1.61. The summed E-state index contributed by atoms with van der Waals surface area (Å²) in [5.41, 5.74) is 0.482. The summed E-state index contributed by atoms with van der Waals surface area (Å²) in [5, 5.41) is 5.91. The van der Waals surface area contributed by atoms with Crippen LogP contribution in [-0.4, -0.2) is 21.9 Å². The van der Waals surface area contributed by atoms with Crippen LogP contribution in [0.15, 0.2) is 35.2 Å². The summed E-state index contributed by atoms with van der Waals surface area (Å²) < 4.78 is 5.19. The Balaban J connectivity index is 1.57. The van der Waals surface area contributed by atoms with E-state index in [-0.39, 0.29) is 5.91 Å². The second-order valence-electron chi connectivity index (χ2n) is 4.48. The number of amides is 1. The summed E-state index contributed by atoms with van der Waals surface area (Å²) in [6, 6.07) is 4.03. The van der Waals surface area contributed by atoms with Gasteiger partial charge < -0.3 is 15.1 Å². The van der Waals surface area contributed by atoms with Gasteiger partial charge in [0, 0.05) is 18.4 Å². The molecule has 2 N–H and O–H groups in total. The van der Waals surface area contributed by atoms with Crippen LogP contribution in [0.2, 0.25) is 0 Å². The van der Waals surface area contributed by atoms with Crippen LogP contribution < -0.4 is 10.6 Å². The van der Waals surface area contributed by atoms with Crippen molar-refractivity contribution in [2.24, 2.45) is 0 Å². The lowest BCUT2D eigenvalue weighted by Gasteiger charge is -2.04. The summed E-state index contributed by atoms with van der Waals surface area (Å²) in [4.78, 5) is 19.9. The first kappa shape index (κ1) is 11.7. The van der Waals surface area contributed by atoms with Crippen LogP contribution in [0.4, 0.5) is 5.95 Å². The quantitative estimate of drug-likeness (QED) is 0.851. The monoisotopic (exact) mass is 258 g/mol.